The number of hydrogen-bond donors (Lipinski definition) is 0. The van der Waals surface area contributed by atoms with Crippen molar-refractivity contribution in [2.75, 3.05) is 4.90 Å². The lowest BCUT2D eigenvalue weighted by molar-refractivity contribution is 0.731. The van der Waals surface area contributed by atoms with Crippen molar-refractivity contribution in [2.24, 2.45) is 0 Å². The Morgan fingerprint density at radius 3 is 1.62 bits per heavy atom. The summed E-state index contributed by atoms with van der Waals surface area (Å²) >= 11 is 0. The van der Waals surface area contributed by atoms with Gasteiger partial charge in [0.05, 0.1) is 28.0 Å². The van der Waals surface area contributed by atoms with E-state index < -0.39 is 5.41 Å². The Labute approximate surface area is 322 Å². The summed E-state index contributed by atoms with van der Waals surface area (Å²) < 4.78 is 0. The number of hydrogen-bond acceptors (Lipinski definition) is 2. The first-order valence-corrected chi connectivity index (χ1v) is 19.1. The molecule has 0 unspecified atom stereocenters. The highest BCUT2D eigenvalue weighted by atomic mass is 15.2. The van der Waals surface area contributed by atoms with Gasteiger partial charge in [-0.2, -0.15) is 0 Å². The molecule has 0 N–H and O–H groups in total. The third-order valence-electron chi connectivity index (χ3n) is 11.8. The van der Waals surface area contributed by atoms with Gasteiger partial charge in [-0.15, -0.1) is 0 Å². The second kappa shape index (κ2) is 12.6. The van der Waals surface area contributed by atoms with Gasteiger partial charge in [0.15, 0.2) is 0 Å². The summed E-state index contributed by atoms with van der Waals surface area (Å²) in [6.07, 6.45) is 0. The molecule has 9 aromatic rings. The molecule has 2 aliphatic rings. The Morgan fingerprint density at radius 2 is 0.964 bits per heavy atom. The maximum Gasteiger partial charge on any atom is 0.244 e. The molecule has 0 saturated heterocycles. The van der Waals surface area contributed by atoms with Crippen molar-refractivity contribution in [1.29, 1.82) is 0 Å². The average molecular weight is 699 g/mol. The Balaban J connectivity index is 0.980. The zero-order chi connectivity index (χ0) is 36.3. The van der Waals surface area contributed by atoms with E-state index >= 15 is 0 Å². The van der Waals surface area contributed by atoms with Gasteiger partial charge in [-0.25, -0.2) is 4.98 Å². The second-order valence-electron chi connectivity index (χ2n) is 14.7. The highest BCUT2D eigenvalue weighted by Gasteiger charge is 2.46. The monoisotopic (exact) mass is 698 g/mol. The quantitative estimate of drug-likeness (QED) is 0.166. The fourth-order valence-electron chi connectivity index (χ4n) is 9.42. The molecule has 0 bridgehead atoms. The van der Waals surface area contributed by atoms with Gasteiger partial charge in [-0.05, 0) is 80.1 Å². The topological polar surface area (TPSA) is 16.1 Å². The van der Waals surface area contributed by atoms with Crippen LogP contribution in [-0.4, -0.2) is 11.7 Å². The minimum absolute atomic E-state index is 0.151. The first-order valence-electron chi connectivity index (χ1n) is 19.1. The summed E-state index contributed by atoms with van der Waals surface area (Å²) in [6.45, 7) is 0.151. The van der Waals surface area contributed by atoms with Crippen LogP contribution in [0.4, 0.5) is 17.1 Å². The zero-order valence-corrected chi connectivity index (χ0v) is 30.2. The zero-order valence-electron chi connectivity index (χ0n) is 30.2. The molecule has 1 aromatic heterocycles. The van der Waals surface area contributed by atoms with Crippen molar-refractivity contribution >= 4 is 51.1 Å². The minimum atomic E-state index is -0.475. The van der Waals surface area contributed by atoms with Crippen molar-refractivity contribution in [3.63, 3.8) is 0 Å². The third-order valence-corrected chi connectivity index (χ3v) is 11.8. The molecular weight excluding hydrogens is 663 g/mol. The number of benzene rings is 8. The van der Waals surface area contributed by atoms with Gasteiger partial charge in [0.1, 0.15) is 0 Å². The predicted octanol–water partition coefficient (Wildman–Crippen LogP) is 10.6. The maximum atomic E-state index is 5.15. The van der Waals surface area contributed by atoms with Crippen molar-refractivity contribution in [3.05, 3.63) is 235 Å². The molecule has 0 radical (unpaired) electrons. The molecule has 2 aliphatic heterocycles. The van der Waals surface area contributed by atoms with E-state index in [4.69, 9.17) is 4.98 Å². The van der Waals surface area contributed by atoms with Gasteiger partial charge in [0.2, 0.25) is 6.71 Å². The van der Waals surface area contributed by atoms with Crippen molar-refractivity contribution < 1.29 is 0 Å². The van der Waals surface area contributed by atoms with Crippen LogP contribution in [0.2, 0.25) is 0 Å². The van der Waals surface area contributed by atoms with Crippen LogP contribution >= 0.6 is 0 Å². The summed E-state index contributed by atoms with van der Waals surface area (Å²) in [5.41, 5.74) is 17.7. The number of pyridine rings is 1. The van der Waals surface area contributed by atoms with Crippen molar-refractivity contribution in [1.82, 2.24) is 4.98 Å². The van der Waals surface area contributed by atoms with Crippen LogP contribution < -0.4 is 21.3 Å². The normalized spacial score (nSPS) is 13.5. The molecule has 0 aliphatic carbocycles. The second-order valence-corrected chi connectivity index (χ2v) is 14.7. The number of anilines is 3. The van der Waals surface area contributed by atoms with Crippen LogP contribution in [0.25, 0.3) is 33.3 Å². The molecule has 0 atom stereocenters. The van der Waals surface area contributed by atoms with Crippen LogP contribution in [0, 0.1) is 0 Å². The average Bonchev–Trinajstić information content (AvgIpc) is 3.58. The molecule has 2 nitrogen and oxygen atoms in total. The number of aromatic nitrogens is 1. The molecule has 3 heterocycles. The van der Waals surface area contributed by atoms with E-state index in [0.717, 1.165) is 16.9 Å². The molecule has 0 fully saturated rings. The number of para-hydroxylation sites is 3. The van der Waals surface area contributed by atoms with Crippen LogP contribution in [0.3, 0.4) is 0 Å². The van der Waals surface area contributed by atoms with Crippen LogP contribution in [0.15, 0.2) is 212 Å². The third kappa shape index (κ3) is 4.80. The minimum Gasteiger partial charge on any atom is -0.310 e. The Bertz CT molecular complexity index is 2780. The summed E-state index contributed by atoms with van der Waals surface area (Å²) in [6, 6.07) is 77.6. The number of fused-ring (bicyclic) bond motifs is 6. The standard InChI is InChI=1S/C52H35BN2/c1-3-16-39(17-4-1)52(40-18-5-2-6-19-40)44-21-9-13-25-49(44)55(50-26-14-10-22-45(50)52)42-33-29-37(30-34-42)36-27-31-41(32-28-36)53-46-23-11-8-20-43(46)51-47(53)35-38-15-7-12-24-48(38)54-51/h1-35H. The molecule has 11 rings (SSSR count). The molecule has 0 amide bonds. The fraction of sp³-hybridized carbons (Fsp3) is 0.0192. The SMILES string of the molecule is c1ccc(C2(c3ccccc3)c3ccccc3N(c3ccc(-c4ccc(B5c6ccccc6-c6nc7ccccc7cc65)cc4)cc3)c3ccccc32)cc1. The number of nitrogens with zero attached hydrogens (tertiary/aromatic N) is 2. The van der Waals surface area contributed by atoms with Crippen LogP contribution in [0.1, 0.15) is 22.3 Å². The lowest BCUT2D eigenvalue weighted by atomic mass is 9.39. The van der Waals surface area contributed by atoms with Crippen LogP contribution in [-0.2, 0) is 5.41 Å². The van der Waals surface area contributed by atoms with Crippen LogP contribution in [0.5, 0.6) is 0 Å². The van der Waals surface area contributed by atoms with E-state index in [1.54, 1.807) is 0 Å². The first-order chi connectivity index (χ1) is 27.3. The fourth-order valence-corrected chi connectivity index (χ4v) is 9.42. The summed E-state index contributed by atoms with van der Waals surface area (Å²) in [5.74, 6) is 0. The molecular formula is C52H35BN2. The summed E-state index contributed by atoms with van der Waals surface area (Å²) in [4.78, 5) is 7.59. The van der Waals surface area contributed by atoms with Gasteiger partial charge >= 0.3 is 0 Å². The van der Waals surface area contributed by atoms with E-state index in [2.05, 4.69) is 217 Å². The largest absolute Gasteiger partial charge is 0.310 e. The molecule has 256 valence electrons. The lowest BCUT2D eigenvalue weighted by Crippen LogP contribution is -2.48. The van der Waals surface area contributed by atoms with Gasteiger partial charge < -0.3 is 4.90 Å². The predicted molar refractivity (Wildman–Crippen MR) is 230 cm³/mol. The van der Waals surface area contributed by atoms with Gasteiger partial charge in [-0.1, -0.05) is 193 Å². The van der Waals surface area contributed by atoms with Gasteiger partial charge in [0.25, 0.3) is 0 Å². The van der Waals surface area contributed by atoms with Crippen molar-refractivity contribution in [2.45, 2.75) is 5.41 Å². The van der Waals surface area contributed by atoms with Gasteiger partial charge in [0, 0.05) is 5.69 Å². The Hall–Kier alpha value is -6.97. The molecule has 3 heteroatoms. The highest BCUT2D eigenvalue weighted by Crippen LogP contribution is 2.57. The maximum absolute atomic E-state index is 5.15. The molecule has 0 spiro atoms. The van der Waals surface area contributed by atoms with E-state index in [9.17, 15) is 0 Å². The highest BCUT2D eigenvalue weighted by molar-refractivity contribution is 6.99. The van der Waals surface area contributed by atoms with Crippen molar-refractivity contribution in [3.8, 4) is 22.4 Å². The van der Waals surface area contributed by atoms with Gasteiger partial charge in [-0.3, -0.25) is 0 Å². The smallest absolute Gasteiger partial charge is 0.244 e. The number of rotatable bonds is 5. The van der Waals surface area contributed by atoms with E-state index in [1.807, 2.05) is 0 Å². The Kier molecular flexibility index (Phi) is 7.21. The Morgan fingerprint density at radius 1 is 0.436 bits per heavy atom. The molecule has 8 aromatic carbocycles. The van der Waals surface area contributed by atoms with E-state index in [-0.39, 0.29) is 6.71 Å². The summed E-state index contributed by atoms with van der Waals surface area (Å²) in [7, 11) is 0. The molecule has 55 heavy (non-hydrogen) atoms. The lowest BCUT2D eigenvalue weighted by Gasteiger charge is -2.46. The first kappa shape index (κ1) is 31.6. The summed E-state index contributed by atoms with van der Waals surface area (Å²) in [5, 5.41) is 1.18. The van der Waals surface area contributed by atoms with E-state index in [1.165, 1.54) is 72.1 Å². The van der Waals surface area contributed by atoms with E-state index in [0.29, 0.717) is 0 Å². The molecule has 0 saturated carbocycles.